The minimum atomic E-state index is -4.62. The summed E-state index contributed by atoms with van der Waals surface area (Å²) >= 11 is 0. The Balaban J connectivity index is 1.95. The van der Waals surface area contributed by atoms with Gasteiger partial charge in [-0.1, -0.05) is 6.42 Å². The molecule has 134 valence electrons. The Morgan fingerprint density at radius 2 is 1.76 bits per heavy atom. The first-order valence-electron chi connectivity index (χ1n) is 8.03. The lowest BCUT2D eigenvalue weighted by Gasteiger charge is -2.38. The molecular weight excluding hydrogens is 355 g/mol. The van der Waals surface area contributed by atoms with Gasteiger partial charge in [-0.2, -0.15) is 18.4 Å². The number of rotatable bonds is 2. The molecule has 2 fully saturated rings. The third kappa shape index (κ3) is 3.17. The molecule has 2 aliphatic rings. The lowest BCUT2D eigenvalue weighted by atomic mass is 9.83. The van der Waals surface area contributed by atoms with Crippen LogP contribution in [0.3, 0.4) is 0 Å². The van der Waals surface area contributed by atoms with E-state index in [1.54, 1.807) is 6.07 Å². The zero-order chi connectivity index (χ0) is 18.4. The highest BCUT2D eigenvalue weighted by atomic mass is 32.2. The van der Waals surface area contributed by atoms with Crippen LogP contribution in [-0.2, 0) is 16.0 Å². The number of nitriles is 1. The zero-order valence-corrected chi connectivity index (χ0v) is 14.0. The van der Waals surface area contributed by atoms with Gasteiger partial charge in [0.2, 0.25) is 0 Å². The maximum atomic E-state index is 12.9. The van der Waals surface area contributed by atoms with Gasteiger partial charge < -0.3 is 0 Å². The van der Waals surface area contributed by atoms with E-state index >= 15 is 0 Å². The molecule has 0 aromatic heterocycles. The zero-order valence-electron chi connectivity index (χ0n) is 13.2. The number of benzene rings is 1. The predicted molar refractivity (Wildman–Crippen MR) is 83.6 cm³/mol. The first-order chi connectivity index (χ1) is 11.6. The summed E-state index contributed by atoms with van der Waals surface area (Å²) < 4.78 is 63.4. The molecule has 3 rings (SSSR count). The number of nitrogens with zero attached hydrogens (tertiary/aromatic N) is 1. The van der Waals surface area contributed by atoms with Crippen LogP contribution in [0.4, 0.5) is 13.2 Å². The van der Waals surface area contributed by atoms with E-state index in [0.29, 0.717) is 18.9 Å². The molecule has 4 nitrogen and oxygen atoms in total. The van der Waals surface area contributed by atoms with Crippen LogP contribution in [0.2, 0.25) is 0 Å². The van der Waals surface area contributed by atoms with Crippen molar-refractivity contribution in [3.05, 3.63) is 34.9 Å². The number of sulfone groups is 1. The molecule has 2 bridgehead atoms. The molecule has 0 N–H and O–H groups in total. The first-order valence-corrected chi connectivity index (χ1v) is 9.64. The summed E-state index contributed by atoms with van der Waals surface area (Å²) in [6, 6.07) is 4.23. The van der Waals surface area contributed by atoms with Gasteiger partial charge in [0, 0.05) is 11.5 Å². The van der Waals surface area contributed by atoms with Crippen LogP contribution in [0.15, 0.2) is 18.2 Å². The van der Waals surface area contributed by atoms with Gasteiger partial charge in [-0.25, -0.2) is 8.42 Å². The molecule has 8 heteroatoms. The summed E-state index contributed by atoms with van der Waals surface area (Å²) in [5.74, 6) is -1.22. The summed E-state index contributed by atoms with van der Waals surface area (Å²) in [7, 11) is -3.26. The van der Waals surface area contributed by atoms with Gasteiger partial charge in [0.15, 0.2) is 15.6 Å². The molecule has 1 aromatic carbocycles. The molecule has 0 spiro atoms. The minimum absolute atomic E-state index is 0.114. The molecule has 25 heavy (non-hydrogen) atoms. The Labute approximate surface area is 143 Å². The average molecular weight is 371 g/mol. The van der Waals surface area contributed by atoms with Crippen LogP contribution in [-0.4, -0.2) is 24.7 Å². The number of carbonyl (C=O) groups is 1. The molecule has 2 unspecified atom stereocenters. The molecule has 2 atom stereocenters. The number of Topliss-reactive ketones (excluding diaryl/α,β-unsaturated/α-hetero) is 1. The van der Waals surface area contributed by atoms with E-state index in [2.05, 4.69) is 0 Å². The Morgan fingerprint density at radius 1 is 1.16 bits per heavy atom. The van der Waals surface area contributed by atoms with E-state index in [9.17, 15) is 26.4 Å². The van der Waals surface area contributed by atoms with Crippen LogP contribution >= 0.6 is 0 Å². The van der Waals surface area contributed by atoms with Crippen molar-refractivity contribution in [2.24, 2.45) is 5.92 Å². The fourth-order valence-electron chi connectivity index (χ4n) is 3.86. The van der Waals surface area contributed by atoms with Crippen LogP contribution < -0.4 is 0 Å². The van der Waals surface area contributed by atoms with Gasteiger partial charge in [-0.05, 0) is 43.9 Å². The standard InChI is InChI=1S/C17H16F3NO3S/c18-17(19,20)12-5-4-10(9-21)15(8-12)16(22)11-6-13-2-1-3-14(7-11)25(13,23)24/h4-5,8,11,13-14H,1-3,6-7H2. The van der Waals surface area contributed by atoms with Crippen LogP contribution in [0, 0.1) is 17.2 Å². The van der Waals surface area contributed by atoms with E-state index in [1.165, 1.54) is 0 Å². The molecule has 2 saturated heterocycles. The fraction of sp³-hybridized carbons (Fsp3) is 0.529. The number of ketones is 1. The maximum Gasteiger partial charge on any atom is 0.416 e. The fourth-order valence-corrected chi connectivity index (χ4v) is 6.40. The molecule has 0 amide bonds. The number of halogens is 3. The molecular formula is C17H16F3NO3S. The van der Waals surface area contributed by atoms with E-state index in [1.807, 2.05) is 0 Å². The van der Waals surface area contributed by atoms with Crippen LogP contribution in [0.25, 0.3) is 0 Å². The second kappa shape index (κ2) is 6.13. The molecule has 0 aliphatic carbocycles. The predicted octanol–water partition coefficient (Wildman–Crippen LogP) is 3.51. The first kappa shape index (κ1) is 17.9. The van der Waals surface area contributed by atoms with Crippen molar-refractivity contribution in [3.63, 3.8) is 0 Å². The second-order valence-corrected chi connectivity index (χ2v) is 9.18. The van der Waals surface area contributed by atoms with Crippen molar-refractivity contribution < 1.29 is 26.4 Å². The van der Waals surface area contributed by atoms with Crippen molar-refractivity contribution in [1.82, 2.24) is 0 Å². The largest absolute Gasteiger partial charge is 0.416 e. The van der Waals surface area contributed by atoms with Gasteiger partial charge >= 0.3 is 6.18 Å². The monoisotopic (exact) mass is 371 g/mol. The van der Waals surface area contributed by atoms with Crippen LogP contribution in [0.5, 0.6) is 0 Å². The molecule has 2 aliphatic heterocycles. The normalized spacial score (nSPS) is 28.2. The Morgan fingerprint density at radius 3 is 2.28 bits per heavy atom. The second-order valence-electron chi connectivity index (χ2n) is 6.67. The summed E-state index contributed by atoms with van der Waals surface area (Å²) in [6.45, 7) is 0. The number of alkyl halides is 3. The quantitative estimate of drug-likeness (QED) is 0.746. The molecule has 0 saturated carbocycles. The summed E-state index contributed by atoms with van der Waals surface area (Å²) in [5, 5.41) is 7.91. The Kier molecular flexibility index (Phi) is 4.40. The van der Waals surface area contributed by atoms with E-state index in [4.69, 9.17) is 5.26 Å². The van der Waals surface area contributed by atoms with Crippen molar-refractivity contribution in [2.75, 3.05) is 0 Å². The average Bonchev–Trinajstić information content (AvgIpc) is 2.51. The third-order valence-corrected chi connectivity index (χ3v) is 7.89. The lowest BCUT2D eigenvalue weighted by molar-refractivity contribution is -0.137. The highest BCUT2D eigenvalue weighted by molar-refractivity contribution is 7.92. The van der Waals surface area contributed by atoms with E-state index in [-0.39, 0.29) is 24.0 Å². The van der Waals surface area contributed by atoms with Gasteiger partial charge in [0.1, 0.15) is 0 Å². The maximum absolute atomic E-state index is 12.9. The van der Waals surface area contributed by atoms with Gasteiger partial charge in [0.25, 0.3) is 0 Å². The van der Waals surface area contributed by atoms with Crippen LogP contribution in [0.1, 0.15) is 53.6 Å². The van der Waals surface area contributed by atoms with Crippen molar-refractivity contribution >= 4 is 15.6 Å². The number of hydrogen-bond donors (Lipinski definition) is 0. The smallest absolute Gasteiger partial charge is 0.294 e. The topological polar surface area (TPSA) is 75.0 Å². The lowest BCUT2D eigenvalue weighted by Crippen LogP contribution is -2.45. The van der Waals surface area contributed by atoms with Crippen molar-refractivity contribution in [2.45, 2.75) is 48.8 Å². The van der Waals surface area contributed by atoms with Gasteiger partial charge in [-0.3, -0.25) is 4.79 Å². The number of hydrogen-bond acceptors (Lipinski definition) is 4. The Hall–Kier alpha value is -1.88. The highest BCUT2D eigenvalue weighted by Crippen LogP contribution is 2.41. The summed E-state index contributed by atoms with van der Waals surface area (Å²) in [4.78, 5) is 12.8. The van der Waals surface area contributed by atoms with E-state index in [0.717, 1.165) is 18.6 Å². The molecule has 0 radical (unpaired) electrons. The summed E-state index contributed by atoms with van der Waals surface area (Å²) in [6.07, 6.45) is -2.62. The van der Waals surface area contributed by atoms with Gasteiger partial charge in [-0.15, -0.1) is 0 Å². The Bertz CT molecular complexity index is 835. The number of carbonyl (C=O) groups excluding carboxylic acids is 1. The van der Waals surface area contributed by atoms with Crippen molar-refractivity contribution in [1.29, 1.82) is 5.26 Å². The minimum Gasteiger partial charge on any atom is -0.294 e. The van der Waals surface area contributed by atoms with E-state index < -0.39 is 43.8 Å². The van der Waals surface area contributed by atoms with Gasteiger partial charge in [0.05, 0.1) is 27.7 Å². The highest BCUT2D eigenvalue weighted by Gasteiger charge is 2.46. The third-order valence-electron chi connectivity index (χ3n) is 5.18. The SMILES string of the molecule is N#Cc1ccc(C(F)(F)F)cc1C(=O)C1CC2CCCC(C1)S2(=O)=O. The summed E-state index contributed by atoms with van der Waals surface area (Å²) in [5.41, 5.74) is -1.37. The molecule has 2 heterocycles. The number of fused-ring (bicyclic) bond motifs is 2. The molecule has 1 aromatic rings. The van der Waals surface area contributed by atoms with Crippen molar-refractivity contribution in [3.8, 4) is 6.07 Å².